The molecule has 1 amide bonds. The Balaban J connectivity index is 1.86. The Bertz CT molecular complexity index is 764. The molecule has 6 nitrogen and oxygen atoms in total. The second-order valence-electron chi connectivity index (χ2n) is 6.09. The number of carbonyl (C=O) groups excluding carboxylic acids is 1. The number of rotatable bonds is 10. The van der Waals surface area contributed by atoms with Crippen LogP contribution in [0, 0.1) is 0 Å². The number of hydroxylamine groups is 2. The lowest BCUT2D eigenvalue weighted by molar-refractivity contribution is -0.189. The lowest BCUT2D eigenvalue weighted by Gasteiger charge is -2.21. The summed E-state index contributed by atoms with van der Waals surface area (Å²) in [5.74, 6) is -0.250. The summed E-state index contributed by atoms with van der Waals surface area (Å²) in [4.78, 5) is 26.9. The summed E-state index contributed by atoms with van der Waals surface area (Å²) >= 11 is 0. The Morgan fingerprint density at radius 1 is 1.07 bits per heavy atom. The van der Waals surface area contributed by atoms with Gasteiger partial charge in [0.25, 0.3) is 0 Å². The number of hydrogen-bond donors (Lipinski definition) is 1. The van der Waals surface area contributed by atoms with Crippen LogP contribution in [0.2, 0.25) is 0 Å². The Morgan fingerprint density at radius 2 is 1.70 bits per heavy atom. The van der Waals surface area contributed by atoms with Crippen LogP contribution in [-0.4, -0.2) is 35.2 Å². The molecule has 27 heavy (non-hydrogen) atoms. The molecule has 0 aliphatic carbocycles. The van der Waals surface area contributed by atoms with E-state index in [1.54, 1.807) is 6.92 Å². The molecule has 0 saturated carbocycles. The minimum absolute atomic E-state index is 0.0141. The third-order valence-electron chi connectivity index (χ3n) is 3.93. The van der Waals surface area contributed by atoms with Crippen molar-refractivity contribution < 1.29 is 23.6 Å². The zero-order valence-electron chi connectivity index (χ0n) is 15.7. The van der Waals surface area contributed by atoms with Crippen molar-refractivity contribution in [2.45, 2.75) is 26.9 Å². The Hall–Kier alpha value is -1.98. The van der Waals surface area contributed by atoms with Crippen molar-refractivity contribution in [3.05, 3.63) is 60.2 Å². The number of hydrogen-bond acceptors (Lipinski definition) is 4. The molecule has 7 heteroatoms. The van der Waals surface area contributed by atoms with Crippen molar-refractivity contribution in [2.24, 2.45) is 0 Å². The van der Waals surface area contributed by atoms with Gasteiger partial charge in [-0.3, -0.25) is 14.2 Å². The lowest BCUT2D eigenvalue weighted by Crippen LogP contribution is -2.30. The van der Waals surface area contributed by atoms with Gasteiger partial charge in [0, 0.05) is 13.5 Å². The van der Waals surface area contributed by atoms with E-state index in [0.717, 1.165) is 16.7 Å². The van der Waals surface area contributed by atoms with Gasteiger partial charge in [0.05, 0.1) is 12.8 Å². The Morgan fingerprint density at radius 3 is 2.30 bits per heavy atom. The van der Waals surface area contributed by atoms with Gasteiger partial charge in [-0.25, -0.2) is 5.06 Å². The van der Waals surface area contributed by atoms with Crippen molar-refractivity contribution in [1.82, 2.24) is 5.06 Å². The second kappa shape index (κ2) is 10.4. The van der Waals surface area contributed by atoms with Crippen LogP contribution in [0.1, 0.15) is 25.8 Å². The van der Waals surface area contributed by atoms with E-state index in [1.165, 1.54) is 12.0 Å². The highest BCUT2D eigenvalue weighted by molar-refractivity contribution is 7.52. The lowest BCUT2D eigenvalue weighted by atomic mass is 10.0. The van der Waals surface area contributed by atoms with Gasteiger partial charge in [0.1, 0.15) is 6.61 Å². The van der Waals surface area contributed by atoms with E-state index in [-0.39, 0.29) is 31.8 Å². The number of carbonyl (C=O) groups is 1. The average Bonchev–Trinajstić information content (AvgIpc) is 2.65. The van der Waals surface area contributed by atoms with Crippen molar-refractivity contribution in [2.75, 3.05) is 19.3 Å². The van der Waals surface area contributed by atoms with Crippen LogP contribution in [0.5, 0.6) is 0 Å². The molecule has 1 atom stereocenters. The van der Waals surface area contributed by atoms with Crippen molar-refractivity contribution in [1.29, 1.82) is 0 Å². The van der Waals surface area contributed by atoms with Gasteiger partial charge in [-0.2, -0.15) is 0 Å². The molecule has 1 N–H and O–H groups in total. The van der Waals surface area contributed by atoms with E-state index in [1.807, 2.05) is 54.6 Å². The fraction of sp³-hybridized carbons (Fsp3) is 0.350. The first kappa shape index (κ1) is 21.3. The van der Waals surface area contributed by atoms with E-state index in [2.05, 4.69) is 0 Å². The number of benzene rings is 2. The highest BCUT2D eigenvalue weighted by Crippen LogP contribution is 2.42. The zero-order chi connectivity index (χ0) is 19.7. The average molecular weight is 391 g/mol. The maximum absolute atomic E-state index is 11.7. The molecule has 0 radical (unpaired) electrons. The SMILES string of the molecule is CCOP(=O)(O)CCCN(OCc1ccc(-c2ccccc2)cc1)C(C)=O. The molecule has 2 rings (SSSR count). The fourth-order valence-corrected chi connectivity index (χ4v) is 3.64. The first-order chi connectivity index (χ1) is 12.9. The largest absolute Gasteiger partial charge is 0.328 e. The quantitative estimate of drug-likeness (QED) is 0.484. The summed E-state index contributed by atoms with van der Waals surface area (Å²) in [7, 11) is -3.58. The van der Waals surface area contributed by atoms with E-state index >= 15 is 0 Å². The molecule has 0 aromatic heterocycles. The van der Waals surface area contributed by atoms with E-state index in [0.29, 0.717) is 6.42 Å². The predicted octanol–water partition coefficient (Wildman–Crippen LogP) is 4.25. The summed E-state index contributed by atoms with van der Waals surface area (Å²) in [6, 6.07) is 18.0. The maximum atomic E-state index is 11.7. The molecule has 2 aromatic rings. The molecule has 1 unspecified atom stereocenters. The van der Waals surface area contributed by atoms with Crippen LogP contribution in [-0.2, 0) is 25.3 Å². The topological polar surface area (TPSA) is 76.1 Å². The predicted molar refractivity (Wildman–Crippen MR) is 105 cm³/mol. The van der Waals surface area contributed by atoms with Crippen LogP contribution >= 0.6 is 7.60 Å². The van der Waals surface area contributed by atoms with Crippen molar-refractivity contribution in [3.63, 3.8) is 0 Å². The van der Waals surface area contributed by atoms with Gasteiger partial charge in [-0.1, -0.05) is 54.6 Å². The summed E-state index contributed by atoms with van der Waals surface area (Å²) in [6.45, 7) is 3.72. The first-order valence-electron chi connectivity index (χ1n) is 8.93. The minimum Gasteiger partial charge on any atom is -0.324 e. The van der Waals surface area contributed by atoms with Gasteiger partial charge in [0.2, 0.25) is 5.91 Å². The van der Waals surface area contributed by atoms with E-state index < -0.39 is 7.60 Å². The summed E-state index contributed by atoms with van der Waals surface area (Å²) in [5.41, 5.74) is 3.18. The van der Waals surface area contributed by atoms with Crippen LogP contribution in [0.4, 0.5) is 0 Å². The smallest absolute Gasteiger partial charge is 0.324 e. The standard InChI is InChI=1S/C20H26NO5P/c1-3-26-27(23,24)15-7-14-21(17(2)22)25-16-18-10-12-20(13-11-18)19-8-5-4-6-9-19/h4-6,8-13H,3,7,14-16H2,1-2H3,(H,23,24). The molecular formula is C20H26NO5P. The Kier molecular flexibility index (Phi) is 8.20. The Labute approximate surface area is 160 Å². The molecular weight excluding hydrogens is 365 g/mol. The van der Waals surface area contributed by atoms with Crippen LogP contribution in [0.15, 0.2) is 54.6 Å². The molecule has 146 valence electrons. The zero-order valence-corrected chi connectivity index (χ0v) is 16.6. The van der Waals surface area contributed by atoms with Crippen molar-refractivity contribution >= 4 is 13.5 Å². The van der Waals surface area contributed by atoms with Gasteiger partial charge in [0.15, 0.2) is 0 Å². The van der Waals surface area contributed by atoms with Crippen molar-refractivity contribution in [3.8, 4) is 11.1 Å². The maximum Gasteiger partial charge on any atom is 0.328 e. The first-order valence-corrected chi connectivity index (χ1v) is 10.7. The number of nitrogens with zero attached hydrogens (tertiary/aromatic N) is 1. The second-order valence-corrected chi connectivity index (χ2v) is 8.07. The van der Waals surface area contributed by atoms with E-state index in [9.17, 15) is 14.3 Å². The highest BCUT2D eigenvalue weighted by atomic mass is 31.2. The molecule has 0 fully saturated rings. The molecule has 0 aliphatic rings. The van der Waals surface area contributed by atoms with E-state index in [4.69, 9.17) is 9.36 Å². The monoisotopic (exact) mass is 391 g/mol. The molecule has 0 spiro atoms. The minimum atomic E-state index is -3.58. The summed E-state index contributed by atoms with van der Waals surface area (Å²) in [6.07, 6.45) is 0.306. The van der Waals surface area contributed by atoms with Gasteiger partial charge >= 0.3 is 7.60 Å². The summed E-state index contributed by atoms with van der Waals surface area (Å²) in [5, 5.41) is 1.22. The van der Waals surface area contributed by atoms with Crippen LogP contribution < -0.4 is 0 Å². The molecule has 0 saturated heterocycles. The highest BCUT2D eigenvalue weighted by Gasteiger charge is 2.19. The van der Waals surface area contributed by atoms with Gasteiger partial charge in [-0.05, 0) is 30.0 Å². The van der Waals surface area contributed by atoms with Crippen LogP contribution in [0.3, 0.4) is 0 Å². The molecule has 0 heterocycles. The molecule has 0 bridgehead atoms. The number of amides is 1. The van der Waals surface area contributed by atoms with Crippen LogP contribution in [0.25, 0.3) is 11.1 Å². The normalized spacial score (nSPS) is 13.1. The summed E-state index contributed by atoms with van der Waals surface area (Å²) < 4.78 is 16.5. The third kappa shape index (κ3) is 7.27. The van der Waals surface area contributed by atoms with Gasteiger partial charge in [-0.15, -0.1) is 0 Å². The fourth-order valence-electron chi connectivity index (χ4n) is 2.57. The molecule has 0 aliphatic heterocycles. The third-order valence-corrected chi connectivity index (χ3v) is 5.48. The molecule has 2 aromatic carbocycles. The van der Waals surface area contributed by atoms with Gasteiger partial charge < -0.3 is 9.42 Å².